The quantitative estimate of drug-likeness (QED) is 0.821. The predicted molar refractivity (Wildman–Crippen MR) is 77.6 cm³/mol. The number of hydrogen-bond donors (Lipinski definition) is 2. The number of rotatable bonds is 3. The fourth-order valence-corrected chi connectivity index (χ4v) is 2.81. The molecule has 19 heavy (non-hydrogen) atoms. The van der Waals surface area contributed by atoms with E-state index in [4.69, 9.17) is 5.73 Å². The smallest absolute Gasteiger partial charge is 0.225 e. The van der Waals surface area contributed by atoms with Crippen LogP contribution in [0.5, 0.6) is 0 Å². The maximum atomic E-state index is 12.4. The lowest BCUT2D eigenvalue weighted by Crippen LogP contribution is -2.42. The monoisotopic (exact) mass is 260 g/mol. The number of benzene rings is 1. The SMILES string of the molecule is C[C@H](NC(=O)C1CCCCCC1N)c1ccccc1. The lowest BCUT2D eigenvalue weighted by molar-refractivity contribution is -0.126. The number of carbonyl (C=O) groups excluding carboxylic acids is 1. The van der Waals surface area contributed by atoms with Crippen molar-refractivity contribution in [1.29, 1.82) is 0 Å². The normalized spacial score (nSPS) is 25.4. The minimum Gasteiger partial charge on any atom is -0.349 e. The standard InChI is InChI=1S/C16H24N2O/c1-12(13-8-4-2-5-9-13)18-16(19)14-10-6-3-7-11-15(14)17/h2,4-5,8-9,12,14-15H,3,6-7,10-11,17H2,1H3,(H,18,19)/t12-,14?,15?/m0/s1. The molecule has 1 saturated carbocycles. The molecule has 0 spiro atoms. The molecule has 3 nitrogen and oxygen atoms in total. The van der Waals surface area contributed by atoms with Crippen LogP contribution in [0.2, 0.25) is 0 Å². The summed E-state index contributed by atoms with van der Waals surface area (Å²) in [7, 11) is 0. The Morgan fingerprint density at radius 3 is 2.63 bits per heavy atom. The van der Waals surface area contributed by atoms with Gasteiger partial charge in [-0.1, -0.05) is 49.6 Å². The Labute approximate surface area is 115 Å². The molecule has 1 aromatic rings. The van der Waals surface area contributed by atoms with E-state index in [2.05, 4.69) is 5.32 Å². The van der Waals surface area contributed by atoms with Gasteiger partial charge in [0.05, 0.1) is 12.0 Å². The summed E-state index contributed by atoms with van der Waals surface area (Å²) in [6.45, 7) is 2.02. The number of carbonyl (C=O) groups is 1. The third kappa shape index (κ3) is 3.80. The molecule has 3 heteroatoms. The van der Waals surface area contributed by atoms with Crippen LogP contribution in [0, 0.1) is 5.92 Å². The highest BCUT2D eigenvalue weighted by molar-refractivity contribution is 5.79. The largest absolute Gasteiger partial charge is 0.349 e. The van der Waals surface area contributed by atoms with E-state index in [-0.39, 0.29) is 23.9 Å². The van der Waals surface area contributed by atoms with Crippen LogP contribution in [0.1, 0.15) is 50.6 Å². The molecule has 0 aliphatic heterocycles. The summed E-state index contributed by atoms with van der Waals surface area (Å²) in [5, 5.41) is 3.11. The molecular formula is C16H24N2O. The van der Waals surface area contributed by atoms with Gasteiger partial charge in [0.15, 0.2) is 0 Å². The fraction of sp³-hybridized carbons (Fsp3) is 0.562. The van der Waals surface area contributed by atoms with Crippen LogP contribution in [-0.2, 0) is 4.79 Å². The van der Waals surface area contributed by atoms with Crippen LogP contribution < -0.4 is 11.1 Å². The molecule has 0 saturated heterocycles. The fourth-order valence-electron chi connectivity index (χ4n) is 2.81. The second-order valence-corrected chi connectivity index (χ2v) is 5.55. The topological polar surface area (TPSA) is 55.1 Å². The van der Waals surface area contributed by atoms with Gasteiger partial charge in [-0.2, -0.15) is 0 Å². The molecule has 1 fully saturated rings. The summed E-state index contributed by atoms with van der Waals surface area (Å²) in [4.78, 5) is 12.4. The van der Waals surface area contributed by atoms with Crippen molar-refractivity contribution in [2.45, 2.75) is 51.1 Å². The van der Waals surface area contributed by atoms with Crippen molar-refractivity contribution >= 4 is 5.91 Å². The molecule has 104 valence electrons. The zero-order valence-electron chi connectivity index (χ0n) is 11.6. The van der Waals surface area contributed by atoms with Crippen molar-refractivity contribution in [3.63, 3.8) is 0 Å². The lowest BCUT2D eigenvalue weighted by atomic mass is 9.94. The van der Waals surface area contributed by atoms with E-state index >= 15 is 0 Å². The predicted octanol–water partition coefficient (Wildman–Crippen LogP) is 2.77. The number of nitrogens with one attached hydrogen (secondary N) is 1. The van der Waals surface area contributed by atoms with Crippen LogP contribution in [0.3, 0.4) is 0 Å². The molecule has 2 unspecified atom stereocenters. The van der Waals surface area contributed by atoms with Crippen molar-refractivity contribution in [2.24, 2.45) is 11.7 Å². The zero-order valence-corrected chi connectivity index (χ0v) is 11.6. The second kappa shape index (κ2) is 6.71. The van der Waals surface area contributed by atoms with E-state index in [1.807, 2.05) is 37.3 Å². The van der Waals surface area contributed by atoms with Gasteiger partial charge in [0.2, 0.25) is 5.91 Å². The van der Waals surface area contributed by atoms with Gasteiger partial charge in [-0.25, -0.2) is 0 Å². The molecule has 0 aromatic heterocycles. The van der Waals surface area contributed by atoms with Crippen LogP contribution >= 0.6 is 0 Å². The summed E-state index contributed by atoms with van der Waals surface area (Å²) in [6.07, 6.45) is 5.36. The summed E-state index contributed by atoms with van der Waals surface area (Å²) in [5.41, 5.74) is 7.27. The molecule has 2 rings (SSSR count). The first-order valence-electron chi connectivity index (χ1n) is 7.29. The van der Waals surface area contributed by atoms with Crippen molar-refractivity contribution in [1.82, 2.24) is 5.32 Å². The van der Waals surface area contributed by atoms with Crippen LogP contribution in [0.15, 0.2) is 30.3 Å². The molecule has 1 aliphatic carbocycles. The summed E-state index contributed by atoms with van der Waals surface area (Å²) in [6, 6.07) is 10.1. The Morgan fingerprint density at radius 1 is 1.21 bits per heavy atom. The zero-order chi connectivity index (χ0) is 13.7. The van der Waals surface area contributed by atoms with E-state index in [1.165, 1.54) is 6.42 Å². The molecule has 1 aliphatic rings. The Hall–Kier alpha value is -1.35. The summed E-state index contributed by atoms with van der Waals surface area (Å²) >= 11 is 0. The third-order valence-corrected chi connectivity index (χ3v) is 4.06. The highest BCUT2D eigenvalue weighted by atomic mass is 16.2. The Balaban J connectivity index is 1.96. The average molecular weight is 260 g/mol. The minimum atomic E-state index is -0.0198. The minimum absolute atomic E-state index is 0.0190. The van der Waals surface area contributed by atoms with E-state index < -0.39 is 0 Å². The van der Waals surface area contributed by atoms with Gasteiger partial charge < -0.3 is 11.1 Å². The maximum absolute atomic E-state index is 12.4. The Bertz CT molecular complexity index is 404. The Morgan fingerprint density at radius 2 is 1.89 bits per heavy atom. The molecule has 0 heterocycles. The van der Waals surface area contributed by atoms with Gasteiger partial charge in [-0.05, 0) is 25.3 Å². The van der Waals surface area contributed by atoms with Crippen LogP contribution in [-0.4, -0.2) is 11.9 Å². The van der Waals surface area contributed by atoms with Crippen LogP contribution in [0.4, 0.5) is 0 Å². The van der Waals surface area contributed by atoms with Gasteiger partial charge in [0.25, 0.3) is 0 Å². The average Bonchev–Trinajstić information content (AvgIpc) is 2.64. The highest BCUT2D eigenvalue weighted by Crippen LogP contribution is 2.23. The maximum Gasteiger partial charge on any atom is 0.225 e. The first-order chi connectivity index (χ1) is 9.18. The number of hydrogen-bond acceptors (Lipinski definition) is 2. The third-order valence-electron chi connectivity index (χ3n) is 4.06. The first-order valence-corrected chi connectivity index (χ1v) is 7.29. The van der Waals surface area contributed by atoms with Gasteiger partial charge >= 0.3 is 0 Å². The number of amides is 1. The Kier molecular flexibility index (Phi) is 4.97. The first kappa shape index (κ1) is 14.1. The molecular weight excluding hydrogens is 236 g/mol. The molecule has 0 radical (unpaired) electrons. The van der Waals surface area contributed by atoms with E-state index in [0.717, 1.165) is 31.2 Å². The number of nitrogens with two attached hydrogens (primary N) is 1. The van der Waals surface area contributed by atoms with Crippen molar-refractivity contribution in [3.05, 3.63) is 35.9 Å². The van der Waals surface area contributed by atoms with Gasteiger partial charge in [0, 0.05) is 6.04 Å². The van der Waals surface area contributed by atoms with Gasteiger partial charge in [-0.3, -0.25) is 4.79 Å². The molecule has 1 amide bonds. The van der Waals surface area contributed by atoms with Gasteiger partial charge in [0.1, 0.15) is 0 Å². The highest BCUT2D eigenvalue weighted by Gasteiger charge is 2.27. The van der Waals surface area contributed by atoms with Crippen LogP contribution in [0.25, 0.3) is 0 Å². The lowest BCUT2D eigenvalue weighted by Gasteiger charge is -2.23. The van der Waals surface area contributed by atoms with E-state index in [0.29, 0.717) is 0 Å². The van der Waals surface area contributed by atoms with E-state index in [1.54, 1.807) is 0 Å². The summed E-state index contributed by atoms with van der Waals surface area (Å²) < 4.78 is 0. The second-order valence-electron chi connectivity index (χ2n) is 5.55. The molecule has 3 N–H and O–H groups in total. The molecule has 1 aromatic carbocycles. The van der Waals surface area contributed by atoms with Crippen molar-refractivity contribution < 1.29 is 4.79 Å². The van der Waals surface area contributed by atoms with E-state index in [9.17, 15) is 4.79 Å². The summed E-state index contributed by atoms with van der Waals surface area (Å²) in [5.74, 6) is 0.0967. The van der Waals surface area contributed by atoms with Crippen molar-refractivity contribution in [3.8, 4) is 0 Å². The van der Waals surface area contributed by atoms with Gasteiger partial charge in [-0.15, -0.1) is 0 Å². The molecule has 3 atom stereocenters. The molecule has 0 bridgehead atoms. The van der Waals surface area contributed by atoms with Crippen molar-refractivity contribution in [2.75, 3.05) is 0 Å².